The van der Waals surface area contributed by atoms with E-state index in [-0.39, 0.29) is 24.8 Å². The first-order chi connectivity index (χ1) is 19.4. The Morgan fingerprint density at radius 1 is 0.951 bits per heavy atom. The predicted octanol–water partition coefficient (Wildman–Crippen LogP) is 7.60. The molecule has 0 fully saturated rings. The van der Waals surface area contributed by atoms with E-state index in [1.54, 1.807) is 29.3 Å². The molecule has 1 aliphatic heterocycles. The van der Waals surface area contributed by atoms with E-state index in [1.165, 1.54) is 6.07 Å². The molecule has 0 unspecified atom stereocenters. The van der Waals surface area contributed by atoms with Crippen LogP contribution in [0.4, 0.5) is 18.0 Å². The van der Waals surface area contributed by atoms with Crippen molar-refractivity contribution in [2.75, 3.05) is 6.54 Å². The molecule has 1 aliphatic rings. The molecule has 0 bridgehead atoms. The van der Waals surface area contributed by atoms with Crippen LogP contribution in [-0.2, 0) is 25.6 Å². The number of pyridine rings is 1. The van der Waals surface area contributed by atoms with Crippen LogP contribution in [0.25, 0.3) is 21.9 Å². The lowest BCUT2D eigenvalue weighted by atomic mass is 9.85. The zero-order chi connectivity index (χ0) is 29.4. The monoisotopic (exact) mass is 559 g/mol. The number of Topliss-reactive ketones (excluding diaryl/α,β-unsaturated/α-hetero) is 1. The number of fused-ring (bicyclic) bond motifs is 2. The standard InChI is InChI=1S/C33H32F3N3O2/c1-32(2,3)38-31(41)39-18-16-26-24(22-8-6-9-23(19-22)33(34,35)36)11-12-27(28(26)20-39)30(40)14-13-29-25-10-5-4-7-21(25)15-17-37-29/h4-12,15,17,19H,13-14,16,18,20H2,1-3H3,(H,38,41). The number of carbonyl (C=O) groups excluding carboxylic acids is 2. The molecule has 2 heterocycles. The minimum Gasteiger partial charge on any atom is -0.333 e. The first kappa shape index (κ1) is 28.3. The lowest BCUT2D eigenvalue weighted by molar-refractivity contribution is -0.137. The van der Waals surface area contributed by atoms with E-state index in [0.717, 1.165) is 34.2 Å². The van der Waals surface area contributed by atoms with Gasteiger partial charge >= 0.3 is 12.2 Å². The molecule has 0 saturated carbocycles. The second-order valence-corrected chi connectivity index (χ2v) is 11.5. The summed E-state index contributed by atoms with van der Waals surface area (Å²) in [5, 5.41) is 5.02. The molecule has 0 saturated heterocycles. The van der Waals surface area contributed by atoms with Gasteiger partial charge < -0.3 is 10.2 Å². The summed E-state index contributed by atoms with van der Waals surface area (Å²) in [4.78, 5) is 32.9. The number of halogens is 3. The maximum Gasteiger partial charge on any atom is 0.416 e. The summed E-state index contributed by atoms with van der Waals surface area (Å²) in [6.07, 6.45) is -1.66. The summed E-state index contributed by atoms with van der Waals surface area (Å²) >= 11 is 0. The molecular weight excluding hydrogens is 527 g/mol. The van der Waals surface area contributed by atoms with Crippen molar-refractivity contribution in [2.45, 2.75) is 58.3 Å². The topological polar surface area (TPSA) is 62.3 Å². The van der Waals surface area contributed by atoms with Gasteiger partial charge in [0, 0.05) is 47.9 Å². The van der Waals surface area contributed by atoms with Crippen molar-refractivity contribution in [3.05, 3.63) is 101 Å². The van der Waals surface area contributed by atoms with Gasteiger partial charge in [-0.3, -0.25) is 9.78 Å². The average Bonchev–Trinajstić information content (AvgIpc) is 2.93. The zero-order valence-electron chi connectivity index (χ0n) is 23.3. The van der Waals surface area contributed by atoms with E-state index in [4.69, 9.17) is 0 Å². The number of urea groups is 1. The number of nitrogens with one attached hydrogen (secondary N) is 1. The van der Waals surface area contributed by atoms with E-state index in [0.29, 0.717) is 41.6 Å². The Labute approximate surface area is 237 Å². The summed E-state index contributed by atoms with van der Waals surface area (Å²) < 4.78 is 40.5. The SMILES string of the molecule is CC(C)(C)NC(=O)N1CCc2c(-c3cccc(C(F)(F)F)c3)ccc(C(=O)CCc3nccc4ccccc34)c2C1. The van der Waals surface area contributed by atoms with Gasteiger partial charge in [-0.15, -0.1) is 0 Å². The van der Waals surface area contributed by atoms with Crippen molar-refractivity contribution in [1.29, 1.82) is 0 Å². The second kappa shape index (κ2) is 11.0. The Bertz CT molecular complexity index is 1620. The average molecular weight is 560 g/mol. The molecule has 0 radical (unpaired) electrons. The molecule has 0 aliphatic carbocycles. The fourth-order valence-electron chi connectivity index (χ4n) is 5.39. The number of hydrogen-bond donors (Lipinski definition) is 1. The number of aryl methyl sites for hydroxylation is 1. The molecule has 41 heavy (non-hydrogen) atoms. The van der Waals surface area contributed by atoms with Crippen LogP contribution < -0.4 is 5.32 Å². The molecule has 2 amide bonds. The highest BCUT2D eigenvalue weighted by atomic mass is 19.4. The number of ketones is 1. The van der Waals surface area contributed by atoms with Crippen LogP contribution in [0.3, 0.4) is 0 Å². The molecule has 8 heteroatoms. The van der Waals surface area contributed by atoms with Gasteiger partial charge in [0.05, 0.1) is 5.56 Å². The highest BCUT2D eigenvalue weighted by Crippen LogP contribution is 2.37. The molecule has 3 aromatic carbocycles. The van der Waals surface area contributed by atoms with Crippen LogP contribution in [0.15, 0.2) is 72.9 Å². The molecule has 1 aromatic heterocycles. The highest BCUT2D eigenvalue weighted by Gasteiger charge is 2.32. The first-order valence-corrected chi connectivity index (χ1v) is 13.7. The van der Waals surface area contributed by atoms with E-state index >= 15 is 0 Å². The van der Waals surface area contributed by atoms with Crippen molar-refractivity contribution in [2.24, 2.45) is 0 Å². The van der Waals surface area contributed by atoms with Gasteiger partial charge in [0.2, 0.25) is 0 Å². The fraction of sp³-hybridized carbons (Fsp3) is 0.303. The normalized spacial score (nSPS) is 13.7. The molecule has 0 spiro atoms. The Morgan fingerprint density at radius 3 is 2.49 bits per heavy atom. The van der Waals surface area contributed by atoms with Gasteiger partial charge in [0.15, 0.2) is 5.78 Å². The van der Waals surface area contributed by atoms with Gasteiger partial charge in [-0.2, -0.15) is 13.2 Å². The number of amides is 2. The third-order valence-electron chi connectivity index (χ3n) is 7.33. The van der Waals surface area contributed by atoms with Crippen LogP contribution in [-0.4, -0.2) is 33.8 Å². The number of carbonyl (C=O) groups is 2. The van der Waals surface area contributed by atoms with Crippen LogP contribution >= 0.6 is 0 Å². The number of benzene rings is 3. The van der Waals surface area contributed by atoms with Crippen LogP contribution in [0.5, 0.6) is 0 Å². The Balaban J connectivity index is 1.50. The summed E-state index contributed by atoms with van der Waals surface area (Å²) in [5.41, 5.74) is 2.72. The quantitative estimate of drug-likeness (QED) is 0.256. The number of aromatic nitrogens is 1. The Kier molecular flexibility index (Phi) is 7.60. The summed E-state index contributed by atoms with van der Waals surface area (Å²) in [7, 11) is 0. The smallest absolute Gasteiger partial charge is 0.333 e. The van der Waals surface area contributed by atoms with Crippen molar-refractivity contribution in [3.63, 3.8) is 0 Å². The predicted molar refractivity (Wildman–Crippen MR) is 154 cm³/mol. The van der Waals surface area contributed by atoms with Gasteiger partial charge in [-0.1, -0.05) is 48.5 Å². The van der Waals surface area contributed by atoms with Crippen molar-refractivity contribution < 1.29 is 22.8 Å². The third kappa shape index (κ3) is 6.26. The van der Waals surface area contributed by atoms with Crippen molar-refractivity contribution in [1.82, 2.24) is 15.2 Å². The number of alkyl halides is 3. The van der Waals surface area contributed by atoms with Crippen LogP contribution in [0.1, 0.15) is 59.9 Å². The Hall–Kier alpha value is -4.20. The van der Waals surface area contributed by atoms with Gasteiger partial charge in [-0.25, -0.2) is 4.79 Å². The largest absolute Gasteiger partial charge is 0.416 e. The van der Waals surface area contributed by atoms with Gasteiger partial charge in [-0.05, 0) is 79.5 Å². The second-order valence-electron chi connectivity index (χ2n) is 11.5. The lowest BCUT2D eigenvalue weighted by Crippen LogP contribution is -2.50. The molecule has 5 rings (SSSR count). The molecule has 0 atom stereocenters. The minimum absolute atomic E-state index is 0.0929. The third-order valence-corrected chi connectivity index (χ3v) is 7.33. The number of rotatable bonds is 5. The molecular formula is C33H32F3N3O2. The number of hydrogen-bond acceptors (Lipinski definition) is 3. The molecule has 212 valence electrons. The van der Waals surface area contributed by atoms with E-state index in [1.807, 2.05) is 51.1 Å². The van der Waals surface area contributed by atoms with E-state index in [2.05, 4.69) is 10.3 Å². The first-order valence-electron chi connectivity index (χ1n) is 13.7. The van der Waals surface area contributed by atoms with Crippen molar-refractivity contribution >= 4 is 22.6 Å². The molecule has 4 aromatic rings. The highest BCUT2D eigenvalue weighted by molar-refractivity contribution is 5.99. The molecule has 1 N–H and O–H groups in total. The maximum absolute atomic E-state index is 13.7. The fourth-order valence-corrected chi connectivity index (χ4v) is 5.39. The lowest BCUT2D eigenvalue weighted by Gasteiger charge is -2.34. The summed E-state index contributed by atoms with van der Waals surface area (Å²) in [5.74, 6) is -0.0929. The van der Waals surface area contributed by atoms with E-state index < -0.39 is 17.3 Å². The van der Waals surface area contributed by atoms with Crippen LogP contribution in [0, 0.1) is 0 Å². The molecule has 5 nitrogen and oxygen atoms in total. The van der Waals surface area contributed by atoms with Crippen molar-refractivity contribution in [3.8, 4) is 11.1 Å². The minimum atomic E-state index is -4.47. The number of nitrogens with zero attached hydrogens (tertiary/aromatic N) is 2. The van der Waals surface area contributed by atoms with Gasteiger partial charge in [0.25, 0.3) is 0 Å². The van der Waals surface area contributed by atoms with Crippen LogP contribution in [0.2, 0.25) is 0 Å². The summed E-state index contributed by atoms with van der Waals surface area (Å²) in [6.45, 7) is 6.26. The van der Waals surface area contributed by atoms with E-state index in [9.17, 15) is 22.8 Å². The maximum atomic E-state index is 13.7. The zero-order valence-corrected chi connectivity index (χ0v) is 23.3. The van der Waals surface area contributed by atoms with Gasteiger partial charge in [0.1, 0.15) is 0 Å². The Morgan fingerprint density at radius 2 is 1.73 bits per heavy atom. The summed E-state index contributed by atoms with van der Waals surface area (Å²) in [6, 6.07) is 18.2.